The molecule has 0 unspecified atom stereocenters. The number of nitrogens with zero attached hydrogens (tertiary/aromatic N) is 2. The molecule has 0 fully saturated rings. The number of thiophene rings is 1. The Bertz CT molecular complexity index is 496. The van der Waals surface area contributed by atoms with Crippen LogP contribution in [0.15, 0.2) is 35.8 Å². The molecule has 2 aromatic rings. The molecule has 2 aromatic heterocycles. The van der Waals surface area contributed by atoms with Gasteiger partial charge in [0.1, 0.15) is 0 Å². The molecule has 2 rings (SSSR count). The van der Waals surface area contributed by atoms with Crippen LogP contribution in [0.4, 0.5) is 11.5 Å². The molecule has 0 spiro atoms. The van der Waals surface area contributed by atoms with Gasteiger partial charge in [-0.15, -0.1) is 11.3 Å². The minimum atomic E-state index is -0.507. The van der Waals surface area contributed by atoms with E-state index in [1.807, 2.05) is 24.4 Å². The highest BCUT2D eigenvalue weighted by Crippen LogP contribution is 2.23. The lowest BCUT2D eigenvalue weighted by Crippen LogP contribution is -2.05. The number of hydrogen-bond donors (Lipinski definition) is 1. The van der Waals surface area contributed by atoms with Crippen LogP contribution in [0, 0.1) is 10.1 Å². The average Bonchev–Trinajstić information content (AvgIpc) is 2.83. The van der Waals surface area contributed by atoms with Crippen LogP contribution in [0.1, 0.15) is 17.8 Å². The number of nitrogens with one attached hydrogen (secondary N) is 1. The third kappa shape index (κ3) is 2.79. The summed E-state index contributed by atoms with van der Waals surface area (Å²) in [5, 5.41) is 15.7. The molecule has 0 radical (unpaired) electrons. The first-order valence-corrected chi connectivity index (χ1v) is 5.95. The molecule has 1 N–H and O–H groups in total. The number of rotatable bonds is 4. The van der Waals surface area contributed by atoms with Gasteiger partial charge < -0.3 is 15.4 Å². The normalized spacial score (nSPS) is 12.1. The van der Waals surface area contributed by atoms with E-state index in [1.54, 1.807) is 17.4 Å². The van der Waals surface area contributed by atoms with Crippen molar-refractivity contribution in [3.63, 3.8) is 0 Å². The topological polar surface area (TPSA) is 68.1 Å². The predicted molar refractivity (Wildman–Crippen MR) is 67.2 cm³/mol. The zero-order valence-electron chi connectivity index (χ0n) is 9.16. The van der Waals surface area contributed by atoms with Crippen molar-refractivity contribution in [1.29, 1.82) is 0 Å². The molecule has 6 heteroatoms. The number of hydrogen-bond acceptors (Lipinski definition) is 5. The molecular weight excluding hydrogens is 238 g/mol. The second-order valence-electron chi connectivity index (χ2n) is 3.54. The highest BCUT2D eigenvalue weighted by Gasteiger charge is 2.09. The Kier molecular flexibility index (Phi) is 3.34. The molecule has 0 aliphatic heterocycles. The van der Waals surface area contributed by atoms with Crippen LogP contribution in [0.5, 0.6) is 0 Å². The molecule has 0 bridgehead atoms. The maximum absolute atomic E-state index is 10.4. The molecule has 0 aromatic carbocycles. The molecule has 0 aliphatic carbocycles. The smallest absolute Gasteiger partial charge is 0.363 e. The van der Waals surface area contributed by atoms with Gasteiger partial charge in [-0.25, -0.2) is 0 Å². The van der Waals surface area contributed by atoms with Crippen molar-refractivity contribution < 1.29 is 4.92 Å². The second kappa shape index (κ2) is 4.92. The lowest BCUT2D eigenvalue weighted by atomic mass is 10.2. The van der Waals surface area contributed by atoms with Crippen LogP contribution in [-0.4, -0.2) is 9.91 Å². The summed E-state index contributed by atoms with van der Waals surface area (Å²) in [5.74, 6) is -0.140. The van der Waals surface area contributed by atoms with E-state index < -0.39 is 4.92 Å². The van der Waals surface area contributed by atoms with Gasteiger partial charge in [-0.2, -0.15) is 0 Å². The molecular formula is C11H11N3O2S. The molecule has 0 amide bonds. The summed E-state index contributed by atoms with van der Waals surface area (Å²) in [6.45, 7) is 2.03. The number of pyridine rings is 1. The minimum absolute atomic E-state index is 0.140. The fourth-order valence-electron chi connectivity index (χ4n) is 1.44. The van der Waals surface area contributed by atoms with Gasteiger partial charge in [0.25, 0.3) is 0 Å². The fraction of sp³-hybridized carbons (Fsp3) is 0.182. The predicted octanol–water partition coefficient (Wildman–Crippen LogP) is 3.22. The Morgan fingerprint density at radius 1 is 1.47 bits per heavy atom. The monoisotopic (exact) mass is 249 g/mol. The first-order valence-electron chi connectivity index (χ1n) is 5.07. The maximum Gasteiger partial charge on any atom is 0.363 e. The Morgan fingerprint density at radius 2 is 2.29 bits per heavy atom. The number of aromatic nitrogens is 1. The van der Waals surface area contributed by atoms with E-state index in [1.165, 1.54) is 17.1 Å². The maximum atomic E-state index is 10.4. The number of anilines is 1. The van der Waals surface area contributed by atoms with E-state index in [2.05, 4.69) is 10.3 Å². The Morgan fingerprint density at radius 3 is 2.82 bits per heavy atom. The molecule has 17 heavy (non-hydrogen) atoms. The van der Waals surface area contributed by atoms with Crippen LogP contribution in [0.3, 0.4) is 0 Å². The lowest BCUT2D eigenvalue weighted by molar-refractivity contribution is -0.389. The first-order chi connectivity index (χ1) is 8.16. The molecule has 0 saturated heterocycles. The minimum Gasteiger partial charge on any atom is -0.375 e. The fourth-order valence-corrected chi connectivity index (χ4v) is 2.17. The summed E-state index contributed by atoms with van der Waals surface area (Å²) in [7, 11) is 0. The SMILES string of the molecule is C[C@H](Nc1ccc([N+](=O)[O-])nc1)c1cccs1. The second-order valence-corrected chi connectivity index (χ2v) is 4.52. The first kappa shape index (κ1) is 11.5. The largest absolute Gasteiger partial charge is 0.375 e. The number of nitro groups is 1. The van der Waals surface area contributed by atoms with Crippen molar-refractivity contribution in [2.75, 3.05) is 5.32 Å². The van der Waals surface area contributed by atoms with Crippen LogP contribution >= 0.6 is 11.3 Å². The highest BCUT2D eigenvalue weighted by atomic mass is 32.1. The van der Waals surface area contributed by atoms with Gasteiger partial charge in [0.05, 0.1) is 11.7 Å². The van der Waals surface area contributed by atoms with Gasteiger partial charge >= 0.3 is 5.82 Å². The van der Waals surface area contributed by atoms with Crippen LogP contribution in [-0.2, 0) is 0 Å². The van der Waals surface area contributed by atoms with E-state index >= 15 is 0 Å². The van der Waals surface area contributed by atoms with Crippen LogP contribution in [0.2, 0.25) is 0 Å². The summed E-state index contributed by atoms with van der Waals surface area (Å²) >= 11 is 1.67. The zero-order chi connectivity index (χ0) is 12.3. The average molecular weight is 249 g/mol. The summed E-state index contributed by atoms with van der Waals surface area (Å²) in [6.07, 6.45) is 1.47. The van der Waals surface area contributed by atoms with Crippen molar-refractivity contribution >= 4 is 22.8 Å². The van der Waals surface area contributed by atoms with E-state index in [4.69, 9.17) is 0 Å². The zero-order valence-corrected chi connectivity index (χ0v) is 9.98. The van der Waals surface area contributed by atoms with Gasteiger partial charge in [0.2, 0.25) is 0 Å². The molecule has 1 atom stereocenters. The third-order valence-corrected chi connectivity index (χ3v) is 3.34. The molecule has 0 saturated carbocycles. The Labute approximate surface area is 102 Å². The lowest BCUT2D eigenvalue weighted by Gasteiger charge is -2.11. The van der Waals surface area contributed by atoms with Crippen LogP contribution < -0.4 is 5.32 Å². The van der Waals surface area contributed by atoms with Crippen molar-refractivity contribution in [3.8, 4) is 0 Å². The van der Waals surface area contributed by atoms with Crippen molar-refractivity contribution in [2.45, 2.75) is 13.0 Å². The van der Waals surface area contributed by atoms with Gasteiger partial charge in [0.15, 0.2) is 6.20 Å². The molecule has 0 aliphatic rings. The van der Waals surface area contributed by atoms with Crippen molar-refractivity contribution in [2.24, 2.45) is 0 Å². The van der Waals surface area contributed by atoms with Gasteiger partial charge in [0, 0.05) is 10.9 Å². The summed E-state index contributed by atoms with van der Waals surface area (Å²) < 4.78 is 0. The summed E-state index contributed by atoms with van der Waals surface area (Å²) in [6, 6.07) is 7.25. The van der Waals surface area contributed by atoms with E-state index in [0.29, 0.717) is 0 Å². The Balaban J connectivity index is 2.06. The van der Waals surface area contributed by atoms with Crippen molar-refractivity contribution in [3.05, 3.63) is 50.8 Å². The summed E-state index contributed by atoms with van der Waals surface area (Å²) in [5.41, 5.74) is 0.775. The van der Waals surface area contributed by atoms with E-state index in [-0.39, 0.29) is 11.9 Å². The Hall–Kier alpha value is -1.95. The van der Waals surface area contributed by atoms with Crippen molar-refractivity contribution in [1.82, 2.24) is 4.98 Å². The van der Waals surface area contributed by atoms with E-state index in [9.17, 15) is 10.1 Å². The van der Waals surface area contributed by atoms with E-state index in [0.717, 1.165) is 5.69 Å². The van der Waals surface area contributed by atoms with Crippen LogP contribution in [0.25, 0.3) is 0 Å². The third-order valence-electron chi connectivity index (χ3n) is 2.29. The summed E-state index contributed by atoms with van der Waals surface area (Å²) in [4.78, 5) is 14.9. The molecule has 5 nitrogen and oxygen atoms in total. The molecule has 2 heterocycles. The standard InChI is InChI=1S/C11H11N3O2S/c1-8(10-3-2-6-17-10)13-9-4-5-11(12-7-9)14(15)16/h2-8,13H,1H3/t8-/m0/s1. The van der Waals surface area contributed by atoms with Gasteiger partial charge in [-0.3, -0.25) is 0 Å². The highest BCUT2D eigenvalue weighted by molar-refractivity contribution is 7.10. The van der Waals surface area contributed by atoms with Gasteiger partial charge in [-0.1, -0.05) is 6.07 Å². The quantitative estimate of drug-likeness (QED) is 0.667. The van der Waals surface area contributed by atoms with Gasteiger partial charge in [-0.05, 0) is 34.3 Å². The molecule has 88 valence electrons.